The zero-order valence-corrected chi connectivity index (χ0v) is 32.4. The van der Waals surface area contributed by atoms with Crippen molar-refractivity contribution in [3.8, 4) is 17.3 Å². The number of likely N-dealkylation sites (tertiary alicyclic amines) is 1. The zero-order valence-electron chi connectivity index (χ0n) is 31.6. The van der Waals surface area contributed by atoms with Crippen LogP contribution in [0.15, 0.2) is 16.9 Å². The summed E-state index contributed by atoms with van der Waals surface area (Å²) in [7, 11) is 0. The number of halogens is 2. The molecule has 12 rings (SSSR count). The molecule has 8 heterocycles. The first kappa shape index (κ1) is 34.1. The number of amides is 1. The minimum Gasteiger partial charge on any atom is -0.461 e. The van der Waals surface area contributed by atoms with Crippen LogP contribution in [0, 0.1) is 23.5 Å². The predicted molar refractivity (Wildman–Crippen MR) is 209 cm³/mol. The second-order valence-electron chi connectivity index (χ2n) is 18.2. The Morgan fingerprint density at radius 3 is 2.71 bits per heavy atom. The van der Waals surface area contributed by atoms with Gasteiger partial charge in [-0.25, -0.2) is 13.8 Å². The molecule has 0 radical (unpaired) electrons. The maximum absolute atomic E-state index is 17.7. The first-order valence-corrected chi connectivity index (χ1v) is 21.7. The maximum atomic E-state index is 17.7. The van der Waals surface area contributed by atoms with Crippen LogP contribution in [-0.2, 0) is 4.79 Å². The van der Waals surface area contributed by atoms with Crippen LogP contribution in [0.5, 0.6) is 6.01 Å². The number of nitrogens with one attached hydrogen (secondary N) is 1. The lowest BCUT2D eigenvalue weighted by Gasteiger charge is -2.38. The number of benzene rings is 1. The molecule has 12 nitrogen and oxygen atoms in total. The van der Waals surface area contributed by atoms with Gasteiger partial charge in [0.2, 0.25) is 5.91 Å². The normalized spacial score (nSPS) is 33.3. The van der Waals surface area contributed by atoms with Gasteiger partial charge < -0.3 is 24.8 Å². The molecule has 0 bridgehead atoms. The molecule has 3 saturated carbocycles. The van der Waals surface area contributed by atoms with Crippen LogP contribution in [0.25, 0.3) is 32.4 Å². The summed E-state index contributed by atoms with van der Waals surface area (Å²) in [4.78, 5) is 50.4. The Morgan fingerprint density at radius 1 is 1.05 bits per heavy atom. The topological polar surface area (TPSA) is 145 Å². The number of rotatable bonds is 9. The van der Waals surface area contributed by atoms with Crippen molar-refractivity contribution >= 4 is 49.3 Å². The fourth-order valence-electron chi connectivity index (χ4n) is 11.8. The van der Waals surface area contributed by atoms with Gasteiger partial charge in [-0.2, -0.15) is 9.97 Å². The van der Waals surface area contributed by atoms with E-state index in [9.17, 15) is 4.79 Å². The lowest BCUT2D eigenvalue weighted by Crippen LogP contribution is -2.54. The average Bonchev–Trinajstić information content (AvgIpc) is 4.11. The number of fused-ring (bicyclic) bond motifs is 5. The Balaban J connectivity index is 0.990. The third-order valence-corrected chi connectivity index (χ3v) is 15.8. The summed E-state index contributed by atoms with van der Waals surface area (Å²) in [6, 6.07) is 3.51. The highest BCUT2D eigenvalue weighted by Crippen LogP contribution is 2.57. The SMILES string of the molecule is CCC1CCC2(CCN(c3nc(OC[C@]45CCCN4C4CC4C5)nc4c(F)c(-c5ccc(F)c6sc(N)nc56)n(C5CC5)c(=O)c34)C2)N1C(=O)[C@@H]1N[C@H]1C1CC1. The highest BCUT2D eigenvalue weighted by atomic mass is 32.1. The van der Waals surface area contributed by atoms with Gasteiger partial charge >= 0.3 is 6.01 Å². The van der Waals surface area contributed by atoms with Gasteiger partial charge in [0.25, 0.3) is 5.56 Å². The number of hydrogen-bond donors (Lipinski definition) is 2. The monoisotopic (exact) mass is 783 g/mol. The molecule has 1 spiro atoms. The van der Waals surface area contributed by atoms with Crippen molar-refractivity contribution in [3.63, 3.8) is 0 Å². The number of nitrogens with two attached hydrogens (primary N) is 1. The number of aromatic nitrogens is 4. The second kappa shape index (κ2) is 11.8. The van der Waals surface area contributed by atoms with Crippen LogP contribution in [0.2, 0.25) is 0 Å². The van der Waals surface area contributed by atoms with Gasteiger partial charge in [0.15, 0.2) is 10.9 Å². The Hall–Kier alpha value is -3.95. The smallest absolute Gasteiger partial charge is 0.319 e. The molecule has 4 unspecified atom stereocenters. The predicted octanol–water partition coefficient (Wildman–Crippen LogP) is 5.37. The molecular weight excluding hydrogens is 737 g/mol. The van der Waals surface area contributed by atoms with Crippen molar-refractivity contribution in [3.05, 3.63) is 34.1 Å². The molecule has 3 aromatic heterocycles. The molecule has 5 saturated heterocycles. The largest absolute Gasteiger partial charge is 0.461 e. The fourth-order valence-corrected chi connectivity index (χ4v) is 12.5. The summed E-state index contributed by atoms with van der Waals surface area (Å²) in [5.41, 5.74) is 5.61. The van der Waals surface area contributed by atoms with Gasteiger partial charge in [-0.05, 0) is 108 Å². The van der Waals surface area contributed by atoms with Gasteiger partial charge in [-0.3, -0.25) is 19.8 Å². The number of hydrogen-bond acceptors (Lipinski definition) is 11. The maximum Gasteiger partial charge on any atom is 0.319 e. The molecule has 1 aromatic carbocycles. The lowest BCUT2D eigenvalue weighted by molar-refractivity contribution is -0.136. The first-order valence-electron chi connectivity index (χ1n) is 20.9. The quantitative estimate of drug-likeness (QED) is 0.213. The Kier molecular flexibility index (Phi) is 7.20. The van der Waals surface area contributed by atoms with Crippen LogP contribution < -0.4 is 26.2 Å². The molecule has 5 aliphatic heterocycles. The molecule has 4 aromatic rings. The Labute approximate surface area is 326 Å². The molecule has 1 amide bonds. The average molecular weight is 784 g/mol. The van der Waals surface area contributed by atoms with Crippen molar-refractivity contribution in [1.29, 1.82) is 0 Å². The number of nitrogens with zero attached hydrogens (tertiary/aromatic N) is 7. The first-order chi connectivity index (χ1) is 27.2. The van der Waals surface area contributed by atoms with Crippen LogP contribution in [0.4, 0.5) is 19.7 Å². The van der Waals surface area contributed by atoms with Crippen molar-refractivity contribution in [2.24, 2.45) is 11.8 Å². The van der Waals surface area contributed by atoms with Crippen LogP contribution >= 0.6 is 11.3 Å². The van der Waals surface area contributed by atoms with Gasteiger partial charge in [-0.1, -0.05) is 18.3 Å². The summed E-state index contributed by atoms with van der Waals surface area (Å²) >= 11 is 0.998. The zero-order chi connectivity index (χ0) is 37.8. The summed E-state index contributed by atoms with van der Waals surface area (Å²) < 4.78 is 41.0. The number of carbonyl (C=O) groups excluding carboxylic acids is 1. The van der Waals surface area contributed by atoms with Gasteiger partial charge in [0.05, 0.1) is 27.0 Å². The van der Waals surface area contributed by atoms with E-state index in [4.69, 9.17) is 20.4 Å². The van der Waals surface area contributed by atoms with E-state index in [0.717, 1.165) is 62.8 Å². The Bertz CT molecular complexity index is 2420. The van der Waals surface area contributed by atoms with E-state index in [2.05, 4.69) is 31.9 Å². The minimum atomic E-state index is -0.689. The molecule has 3 N–H and O–H groups in total. The molecular formula is C41H47F2N9O3S. The third kappa shape index (κ3) is 4.94. The van der Waals surface area contributed by atoms with E-state index < -0.39 is 22.7 Å². The number of piperidine rings is 1. The Morgan fingerprint density at radius 2 is 1.91 bits per heavy atom. The van der Waals surface area contributed by atoms with Crippen LogP contribution in [-0.4, -0.2) is 96.7 Å². The van der Waals surface area contributed by atoms with E-state index in [1.54, 1.807) is 0 Å². The summed E-state index contributed by atoms with van der Waals surface area (Å²) in [5.74, 6) is 0.669. The number of carbonyl (C=O) groups is 1. The molecule has 7 atom stereocenters. The molecule has 56 heavy (non-hydrogen) atoms. The van der Waals surface area contributed by atoms with E-state index in [1.807, 2.05) is 0 Å². The van der Waals surface area contributed by atoms with Crippen molar-refractivity contribution in [1.82, 2.24) is 34.6 Å². The fraction of sp³-hybridized carbons (Fsp3) is 0.634. The number of nitrogen functional groups attached to an aromatic ring is 1. The number of thiazole rings is 1. The number of ether oxygens (including phenoxy) is 1. The van der Waals surface area contributed by atoms with Crippen LogP contribution in [0.1, 0.15) is 90.0 Å². The summed E-state index contributed by atoms with van der Waals surface area (Å²) in [6.07, 6.45) is 11.7. The van der Waals surface area contributed by atoms with Crippen molar-refractivity contribution in [2.45, 2.75) is 125 Å². The van der Waals surface area contributed by atoms with Crippen LogP contribution in [0.3, 0.4) is 0 Å². The van der Waals surface area contributed by atoms with E-state index in [0.29, 0.717) is 61.8 Å². The van der Waals surface area contributed by atoms with Gasteiger partial charge in [0.1, 0.15) is 35.2 Å². The van der Waals surface area contributed by atoms with Crippen molar-refractivity contribution < 1.29 is 18.3 Å². The summed E-state index contributed by atoms with van der Waals surface area (Å²) in [5, 5.41) is 3.77. The lowest BCUT2D eigenvalue weighted by atomic mass is 9.93. The molecule has 15 heteroatoms. The molecule has 294 valence electrons. The molecule has 3 aliphatic carbocycles. The third-order valence-electron chi connectivity index (χ3n) is 14.9. The molecule has 8 aliphatic rings. The molecule has 8 fully saturated rings. The second-order valence-corrected chi connectivity index (χ2v) is 19.3. The number of pyridine rings is 1. The summed E-state index contributed by atoms with van der Waals surface area (Å²) in [6.45, 7) is 4.66. The van der Waals surface area contributed by atoms with Gasteiger partial charge in [-0.15, -0.1) is 0 Å². The van der Waals surface area contributed by atoms with E-state index in [-0.39, 0.29) is 73.6 Å². The number of anilines is 2. The minimum absolute atomic E-state index is 0.0331. The highest BCUT2D eigenvalue weighted by molar-refractivity contribution is 7.22. The highest BCUT2D eigenvalue weighted by Gasteiger charge is 2.62. The van der Waals surface area contributed by atoms with Gasteiger partial charge in [0, 0.05) is 42.8 Å². The standard InChI is InChI=1S/C41H47F2N9O3S/c1-2-22-10-12-40(52(22)37(54)32-29(45-32)20-4-5-20)13-15-49(18-40)35-27-31(47-39(48-35)55-19-41-11-3-14-50(41)26-16-21(26)17-41)28(43)33(51(36(27)53)23-6-7-23)24-8-9-25(42)34-30(24)46-38(44)56-34/h8-9,20-23,26,29,32,45H,2-7,10-19H2,1H3,(H2,44,46)/t21?,22?,26?,29-,32+,40?,41+/m0/s1. The van der Waals surface area contributed by atoms with Crippen molar-refractivity contribution in [2.75, 3.05) is 36.9 Å². The van der Waals surface area contributed by atoms with E-state index >= 15 is 13.6 Å². The van der Waals surface area contributed by atoms with E-state index in [1.165, 1.54) is 36.0 Å².